The zero-order chi connectivity index (χ0) is 12.8. The lowest BCUT2D eigenvalue weighted by Crippen LogP contribution is -2.23. The first-order chi connectivity index (χ1) is 8.81. The van der Waals surface area contributed by atoms with Crippen LogP contribution in [-0.4, -0.2) is 5.78 Å². The lowest BCUT2D eigenvalue weighted by atomic mass is 9.76. The van der Waals surface area contributed by atoms with E-state index in [4.69, 9.17) is 0 Å². The van der Waals surface area contributed by atoms with Crippen LogP contribution in [0.5, 0.6) is 0 Å². The van der Waals surface area contributed by atoms with E-state index in [2.05, 4.69) is 13.0 Å². The lowest BCUT2D eigenvalue weighted by molar-refractivity contribution is -0.120. The first-order valence-corrected chi connectivity index (χ1v) is 8.04. The Morgan fingerprint density at radius 2 is 2.00 bits per heavy atom. The molecule has 1 saturated carbocycles. The van der Waals surface area contributed by atoms with E-state index in [1.807, 2.05) is 0 Å². The van der Waals surface area contributed by atoms with Crippen molar-refractivity contribution in [3.8, 4) is 0 Å². The van der Waals surface area contributed by atoms with Gasteiger partial charge in [-0.25, -0.2) is 0 Å². The standard InChI is InChI=1S/C17H28O/c1-2-3-7-14-10-12-16(13-11-14)17(18)15-8-5-4-6-9-15/h8,14,16H,2-7,9-13H2,1H3. The number of Topliss-reactive ketones (excluding diaryl/α,β-unsaturated/α-hetero) is 1. The Balaban J connectivity index is 1.78. The summed E-state index contributed by atoms with van der Waals surface area (Å²) in [6.07, 6.45) is 15.9. The molecule has 0 atom stereocenters. The van der Waals surface area contributed by atoms with Crippen LogP contribution in [0.25, 0.3) is 0 Å². The van der Waals surface area contributed by atoms with Crippen molar-refractivity contribution in [2.45, 2.75) is 77.6 Å². The molecule has 102 valence electrons. The number of hydrogen-bond acceptors (Lipinski definition) is 1. The van der Waals surface area contributed by atoms with Gasteiger partial charge in [0.1, 0.15) is 0 Å². The fourth-order valence-corrected chi connectivity index (χ4v) is 3.53. The largest absolute Gasteiger partial charge is 0.294 e. The van der Waals surface area contributed by atoms with Crippen molar-refractivity contribution >= 4 is 5.78 Å². The van der Waals surface area contributed by atoms with Crippen molar-refractivity contribution in [3.05, 3.63) is 11.6 Å². The number of carbonyl (C=O) groups is 1. The van der Waals surface area contributed by atoms with Crippen LogP contribution in [0.2, 0.25) is 0 Å². The van der Waals surface area contributed by atoms with Crippen molar-refractivity contribution in [2.75, 3.05) is 0 Å². The Morgan fingerprint density at radius 3 is 2.61 bits per heavy atom. The highest BCUT2D eigenvalue weighted by molar-refractivity contribution is 5.97. The normalized spacial score (nSPS) is 28.8. The van der Waals surface area contributed by atoms with E-state index in [1.165, 1.54) is 50.5 Å². The second kappa shape index (κ2) is 7.11. The molecule has 1 nitrogen and oxygen atoms in total. The second-order valence-electron chi connectivity index (χ2n) is 6.20. The van der Waals surface area contributed by atoms with Crippen molar-refractivity contribution in [2.24, 2.45) is 11.8 Å². The number of rotatable bonds is 5. The Hall–Kier alpha value is -0.590. The maximum Gasteiger partial charge on any atom is 0.161 e. The molecule has 0 aromatic rings. The van der Waals surface area contributed by atoms with Crippen LogP contribution in [0.4, 0.5) is 0 Å². The highest BCUT2D eigenvalue weighted by atomic mass is 16.1. The van der Waals surface area contributed by atoms with E-state index in [9.17, 15) is 4.79 Å². The van der Waals surface area contributed by atoms with Gasteiger partial charge in [0.25, 0.3) is 0 Å². The van der Waals surface area contributed by atoms with Gasteiger partial charge in [-0.05, 0) is 62.9 Å². The third kappa shape index (κ3) is 3.70. The first-order valence-electron chi connectivity index (χ1n) is 8.04. The zero-order valence-corrected chi connectivity index (χ0v) is 11.9. The first kappa shape index (κ1) is 13.8. The summed E-state index contributed by atoms with van der Waals surface area (Å²) in [4.78, 5) is 12.4. The molecule has 0 unspecified atom stereocenters. The van der Waals surface area contributed by atoms with E-state index in [1.54, 1.807) is 0 Å². The minimum atomic E-state index is 0.368. The number of ketones is 1. The summed E-state index contributed by atoms with van der Waals surface area (Å²) >= 11 is 0. The Labute approximate surface area is 112 Å². The molecular weight excluding hydrogens is 220 g/mol. The van der Waals surface area contributed by atoms with Crippen molar-refractivity contribution in [1.29, 1.82) is 0 Å². The molecule has 0 aliphatic heterocycles. The Morgan fingerprint density at radius 1 is 1.22 bits per heavy atom. The monoisotopic (exact) mass is 248 g/mol. The molecule has 0 heterocycles. The molecule has 0 aromatic carbocycles. The predicted octanol–water partition coefficient (Wildman–Crippen LogP) is 5.05. The summed E-state index contributed by atoms with van der Waals surface area (Å²) in [5, 5.41) is 0. The summed E-state index contributed by atoms with van der Waals surface area (Å²) in [7, 11) is 0. The lowest BCUT2D eigenvalue weighted by Gasteiger charge is -2.28. The highest BCUT2D eigenvalue weighted by Gasteiger charge is 2.27. The molecule has 0 N–H and O–H groups in total. The summed E-state index contributed by atoms with van der Waals surface area (Å²) in [5.74, 6) is 1.78. The highest BCUT2D eigenvalue weighted by Crippen LogP contribution is 2.34. The average molecular weight is 248 g/mol. The maximum atomic E-state index is 12.4. The molecule has 18 heavy (non-hydrogen) atoms. The Kier molecular flexibility index (Phi) is 5.46. The molecule has 2 aliphatic rings. The van der Waals surface area contributed by atoms with Crippen molar-refractivity contribution < 1.29 is 4.79 Å². The van der Waals surface area contributed by atoms with E-state index >= 15 is 0 Å². The van der Waals surface area contributed by atoms with Crippen LogP contribution < -0.4 is 0 Å². The molecule has 0 saturated heterocycles. The quantitative estimate of drug-likeness (QED) is 0.665. The van der Waals surface area contributed by atoms with E-state index in [0.29, 0.717) is 11.7 Å². The van der Waals surface area contributed by atoms with Gasteiger partial charge in [0.15, 0.2) is 5.78 Å². The Bertz CT molecular complexity index is 295. The summed E-state index contributed by atoms with van der Waals surface area (Å²) < 4.78 is 0. The molecule has 2 rings (SSSR count). The van der Waals surface area contributed by atoms with Crippen molar-refractivity contribution in [3.63, 3.8) is 0 Å². The van der Waals surface area contributed by atoms with E-state index in [-0.39, 0.29) is 0 Å². The minimum absolute atomic E-state index is 0.368. The third-order valence-electron chi connectivity index (χ3n) is 4.79. The third-order valence-corrected chi connectivity index (χ3v) is 4.79. The fourth-order valence-electron chi connectivity index (χ4n) is 3.53. The topological polar surface area (TPSA) is 17.1 Å². The molecule has 0 spiro atoms. The number of carbonyl (C=O) groups excluding carboxylic acids is 1. The maximum absolute atomic E-state index is 12.4. The van der Waals surface area contributed by atoms with Gasteiger partial charge in [0.05, 0.1) is 0 Å². The van der Waals surface area contributed by atoms with Gasteiger partial charge in [0.2, 0.25) is 0 Å². The number of unbranched alkanes of at least 4 members (excludes halogenated alkanes) is 1. The fraction of sp³-hybridized carbons (Fsp3) is 0.824. The van der Waals surface area contributed by atoms with Gasteiger partial charge in [-0.2, -0.15) is 0 Å². The molecular formula is C17H28O. The van der Waals surface area contributed by atoms with Crippen LogP contribution in [0.1, 0.15) is 77.6 Å². The van der Waals surface area contributed by atoms with Gasteiger partial charge < -0.3 is 0 Å². The number of allylic oxidation sites excluding steroid dienone is 2. The second-order valence-corrected chi connectivity index (χ2v) is 6.20. The van der Waals surface area contributed by atoms with Crippen molar-refractivity contribution in [1.82, 2.24) is 0 Å². The molecule has 2 aliphatic carbocycles. The van der Waals surface area contributed by atoms with Crippen LogP contribution in [0.3, 0.4) is 0 Å². The van der Waals surface area contributed by atoms with E-state index < -0.39 is 0 Å². The molecule has 0 amide bonds. The summed E-state index contributed by atoms with van der Waals surface area (Å²) in [6, 6.07) is 0. The van der Waals surface area contributed by atoms with Gasteiger partial charge in [0, 0.05) is 5.92 Å². The van der Waals surface area contributed by atoms with Crippen LogP contribution in [0, 0.1) is 11.8 Å². The van der Waals surface area contributed by atoms with Crippen LogP contribution >= 0.6 is 0 Å². The molecule has 0 bridgehead atoms. The SMILES string of the molecule is CCCCC1CCC(C(=O)C2=CCCCC2)CC1. The van der Waals surface area contributed by atoms with E-state index in [0.717, 1.165) is 31.6 Å². The average Bonchev–Trinajstić information content (AvgIpc) is 2.46. The van der Waals surface area contributed by atoms with Gasteiger partial charge >= 0.3 is 0 Å². The van der Waals surface area contributed by atoms with Gasteiger partial charge in [-0.3, -0.25) is 4.79 Å². The molecule has 0 aromatic heterocycles. The molecule has 1 fully saturated rings. The number of hydrogen-bond donors (Lipinski definition) is 0. The van der Waals surface area contributed by atoms with Crippen LogP contribution in [-0.2, 0) is 4.79 Å². The molecule has 0 radical (unpaired) electrons. The molecule has 1 heteroatoms. The van der Waals surface area contributed by atoms with Gasteiger partial charge in [-0.1, -0.05) is 32.3 Å². The summed E-state index contributed by atoms with van der Waals surface area (Å²) in [5.41, 5.74) is 1.17. The minimum Gasteiger partial charge on any atom is -0.294 e. The summed E-state index contributed by atoms with van der Waals surface area (Å²) in [6.45, 7) is 2.27. The smallest absolute Gasteiger partial charge is 0.161 e. The zero-order valence-electron chi connectivity index (χ0n) is 11.9. The van der Waals surface area contributed by atoms with Gasteiger partial charge in [-0.15, -0.1) is 0 Å². The van der Waals surface area contributed by atoms with Crippen LogP contribution in [0.15, 0.2) is 11.6 Å². The predicted molar refractivity (Wildman–Crippen MR) is 76.5 cm³/mol.